The third-order valence-corrected chi connectivity index (χ3v) is 3.67. The fourth-order valence-corrected chi connectivity index (χ4v) is 2.36. The molecule has 0 saturated carbocycles. The Morgan fingerprint density at radius 3 is 2.67 bits per heavy atom. The maximum absolute atomic E-state index is 11.9. The van der Waals surface area contributed by atoms with Gasteiger partial charge in [-0.05, 0) is 30.5 Å². The van der Waals surface area contributed by atoms with Crippen molar-refractivity contribution in [2.45, 2.75) is 12.8 Å². The van der Waals surface area contributed by atoms with E-state index < -0.39 is 11.9 Å². The van der Waals surface area contributed by atoms with Crippen LogP contribution in [0.5, 0.6) is 5.75 Å². The first-order valence-electron chi connectivity index (χ1n) is 6.98. The quantitative estimate of drug-likeness (QED) is 0.858. The lowest BCUT2D eigenvalue weighted by atomic mass is 10.1. The molecule has 1 saturated heterocycles. The van der Waals surface area contributed by atoms with Crippen LogP contribution in [-0.2, 0) is 11.2 Å². The third kappa shape index (κ3) is 4.11. The zero-order valence-corrected chi connectivity index (χ0v) is 12.0. The molecule has 1 heterocycles. The lowest BCUT2D eigenvalue weighted by Gasteiger charge is -2.16. The second-order valence-electron chi connectivity index (χ2n) is 5.10. The predicted octanol–water partition coefficient (Wildman–Crippen LogP) is 1.35. The van der Waals surface area contributed by atoms with Gasteiger partial charge >= 0.3 is 12.0 Å². The van der Waals surface area contributed by atoms with Crippen molar-refractivity contribution in [3.63, 3.8) is 0 Å². The number of urea groups is 1. The minimum Gasteiger partial charge on any atom is -0.497 e. The highest BCUT2D eigenvalue weighted by Gasteiger charge is 2.30. The van der Waals surface area contributed by atoms with Crippen molar-refractivity contribution < 1.29 is 19.4 Å². The van der Waals surface area contributed by atoms with Gasteiger partial charge < -0.3 is 20.1 Å². The van der Waals surface area contributed by atoms with Crippen LogP contribution in [0.4, 0.5) is 4.79 Å². The summed E-state index contributed by atoms with van der Waals surface area (Å²) in [5, 5.41) is 11.7. The van der Waals surface area contributed by atoms with Crippen LogP contribution in [-0.4, -0.2) is 48.8 Å². The maximum atomic E-state index is 11.9. The Morgan fingerprint density at radius 2 is 2.10 bits per heavy atom. The van der Waals surface area contributed by atoms with Crippen LogP contribution in [0.1, 0.15) is 12.0 Å². The fraction of sp³-hybridized carbons (Fsp3) is 0.467. The van der Waals surface area contributed by atoms with E-state index in [-0.39, 0.29) is 6.03 Å². The highest BCUT2D eigenvalue weighted by Crippen LogP contribution is 2.16. The standard InChI is InChI=1S/C15H20N2O4/c1-21-13-4-2-11(3-5-13)6-8-16-15(20)17-9-7-12(10-17)14(18)19/h2-5,12H,6-10H2,1H3,(H,16,20)(H,18,19). The van der Waals surface area contributed by atoms with Crippen LogP contribution < -0.4 is 10.1 Å². The smallest absolute Gasteiger partial charge is 0.317 e. The minimum absolute atomic E-state index is 0.188. The Hall–Kier alpha value is -2.24. The largest absolute Gasteiger partial charge is 0.497 e. The number of nitrogens with zero attached hydrogens (tertiary/aromatic N) is 1. The lowest BCUT2D eigenvalue weighted by molar-refractivity contribution is -0.141. The number of carbonyl (C=O) groups excluding carboxylic acids is 1. The monoisotopic (exact) mass is 292 g/mol. The molecule has 1 aromatic rings. The Balaban J connectivity index is 1.73. The van der Waals surface area contributed by atoms with Crippen molar-refractivity contribution in [3.8, 4) is 5.75 Å². The van der Waals surface area contributed by atoms with Crippen molar-refractivity contribution in [3.05, 3.63) is 29.8 Å². The van der Waals surface area contributed by atoms with Gasteiger partial charge in [0.05, 0.1) is 13.0 Å². The van der Waals surface area contributed by atoms with Crippen LogP contribution >= 0.6 is 0 Å². The second kappa shape index (κ2) is 6.97. The first-order chi connectivity index (χ1) is 10.1. The molecule has 0 aliphatic carbocycles. The molecule has 1 aliphatic heterocycles. The van der Waals surface area contributed by atoms with Gasteiger partial charge in [-0.2, -0.15) is 0 Å². The number of carbonyl (C=O) groups is 2. The molecule has 1 unspecified atom stereocenters. The Morgan fingerprint density at radius 1 is 1.38 bits per heavy atom. The van der Waals surface area contributed by atoms with E-state index >= 15 is 0 Å². The van der Waals surface area contributed by atoms with E-state index in [1.807, 2.05) is 24.3 Å². The van der Waals surface area contributed by atoms with E-state index in [2.05, 4.69) is 5.32 Å². The normalized spacial score (nSPS) is 17.6. The highest BCUT2D eigenvalue weighted by atomic mass is 16.5. The molecule has 2 rings (SSSR count). The van der Waals surface area contributed by atoms with Gasteiger partial charge in [-0.25, -0.2) is 4.79 Å². The van der Waals surface area contributed by atoms with E-state index in [9.17, 15) is 9.59 Å². The summed E-state index contributed by atoms with van der Waals surface area (Å²) < 4.78 is 5.08. The predicted molar refractivity (Wildman–Crippen MR) is 77.4 cm³/mol. The Labute approximate surface area is 123 Å². The number of rotatable bonds is 5. The first-order valence-corrected chi connectivity index (χ1v) is 6.98. The summed E-state index contributed by atoms with van der Waals surface area (Å²) in [5.41, 5.74) is 1.11. The summed E-state index contributed by atoms with van der Waals surface area (Å²) in [4.78, 5) is 24.3. The topological polar surface area (TPSA) is 78.9 Å². The molecule has 0 spiro atoms. The first kappa shape index (κ1) is 15.2. The van der Waals surface area contributed by atoms with Crippen molar-refractivity contribution in [2.24, 2.45) is 5.92 Å². The van der Waals surface area contributed by atoms with Gasteiger partial charge in [0.25, 0.3) is 0 Å². The summed E-state index contributed by atoms with van der Waals surface area (Å²) in [6.45, 7) is 1.33. The molecule has 21 heavy (non-hydrogen) atoms. The van der Waals surface area contributed by atoms with Gasteiger partial charge in [-0.1, -0.05) is 12.1 Å². The number of carboxylic acids is 1. The van der Waals surface area contributed by atoms with Crippen LogP contribution in [0.15, 0.2) is 24.3 Å². The number of amides is 2. The molecule has 1 atom stereocenters. The lowest BCUT2D eigenvalue weighted by Crippen LogP contribution is -2.39. The zero-order valence-electron chi connectivity index (χ0n) is 12.0. The number of carboxylic acid groups (broad SMARTS) is 1. The summed E-state index contributed by atoms with van der Waals surface area (Å²) in [7, 11) is 1.62. The SMILES string of the molecule is COc1ccc(CCNC(=O)N2CCC(C(=O)O)C2)cc1. The molecular formula is C15H20N2O4. The molecule has 0 radical (unpaired) electrons. The molecule has 0 bridgehead atoms. The Kier molecular flexibility index (Phi) is 5.03. The number of likely N-dealkylation sites (tertiary alicyclic amines) is 1. The zero-order chi connectivity index (χ0) is 15.2. The van der Waals surface area contributed by atoms with Crippen LogP contribution in [0.3, 0.4) is 0 Å². The van der Waals surface area contributed by atoms with Gasteiger partial charge in [0.1, 0.15) is 5.75 Å². The molecule has 0 aromatic heterocycles. The van der Waals surface area contributed by atoms with Crippen molar-refractivity contribution in [1.82, 2.24) is 10.2 Å². The van der Waals surface area contributed by atoms with Gasteiger partial charge in [-0.3, -0.25) is 4.79 Å². The molecule has 6 heteroatoms. The maximum Gasteiger partial charge on any atom is 0.317 e. The van der Waals surface area contributed by atoms with E-state index in [0.29, 0.717) is 26.1 Å². The van der Waals surface area contributed by atoms with Crippen LogP contribution in [0, 0.1) is 5.92 Å². The molecule has 2 amide bonds. The average molecular weight is 292 g/mol. The number of methoxy groups -OCH3 is 1. The number of aliphatic carboxylic acids is 1. The molecule has 114 valence electrons. The molecule has 1 aliphatic rings. The number of benzene rings is 1. The summed E-state index contributed by atoms with van der Waals surface area (Å²) in [5.74, 6) is -0.458. The summed E-state index contributed by atoms with van der Waals surface area (Å²) in [6, 6.07) is 7.50. The van der Waals surface area contributed by atoms with Gasteiger partial charge in [0.15, 0.2) is 0 Å². The Bertz CT molecular complexity index is 501. The van der Waals surface area contributed by atoms with E-state index in [1.54, 1.807) is 12.0 Å². The van der Waals surface area contributed by atoms with E-state index in [1.165, 1.54) is 0 Å². The summed E-state index contributed by atoms with van der Waals surface area (Å²) in [6.07, 6.45) is 1.26. The van der Waals surface area contributed by atoms with Crippen molar-refractivity contribution in [2.75, 3.05) is 26.7 Å². The number of hydrogen-bond acceptors (Lipinski definition) is 3. The average Bonchev–Trinajstić information content (AvgIpc) is 2.98. The fourth-order valence-electron chi connectivity index (χ4n) is 2.36. The molecule has 1 aromatic carbocycles. The molecular weight excluding hydrogens is 272 g/mol. The minimum atomic E-state index is -0.830. The number of nitrogens with one attached hydrogen (secondary N) is 1. The van der Waals surface area contributed by atoms with Crippen molar-refractivity contribution in [1.29, 1.82) is 0 Å². The number of ether oxygens (including phenoxy) is 1. The number of hydrogen-bond donors (Lipinski definition) is 2. The second-order valence-corrected chi connectivity index (χ2v) is 5.10. The van der Waals surface area contributed by atoms with Crippen LogP contribution in [0.2, 0.25) is 0 Å². The van der Waals surface area contributed by atoms with Gasteiger partial charge in [0, 0.05) is 19.6 Å². The van der Waals surface area contributed by atoms with Gasteiger partial charge in [-0.15, -0.1) is 0 Å². The van der Waals surface area contributed by atoms with Crippen LogP contribution in [0.25, 0.3) is 0 Å². The van der Waals surface area contributed by atoms with Crippen molar-refractivity contribution >= 4 is 12.0 Å². The van der Waals surface area contributed by atoms with Gasteiger partial charge in [0.2, 0.25) is 0 Å². The molecule has 6 nitrogen and oxygen atoms in total. The van der Waals surface area contributed by atoms with E-state index in [0.717, 1.165) is 17.7 Å². The highest BCUT2D eigenvalue weighted by molar-refractivity contribution is 5.77. The molecule has 2 N–H and O–H groups in total. The van der Waals surface area contributed by atoms with E-state index in [4.69, 9.17) is 9.84 Å². The third-order valence-electron chi connectivity index (χ3n) is 3.67. The molecule has 1 fully saturated rings. The summed E-state index contributed by atoms with van der Waals surface area (Å²) >= 11 is 0.